The third-order valence-electron chi connectivity index (χ3n) is 4.22. The Balaban J connectivity index is 1.92. The zero-order valence-electron chi connectivity index (χ0n) is 12.3. The summed E-state index contributed by atoms with van der Waals surface area (Å²) in [6, 6.07) is 4.90. The molecule has 22 heavy (non-hydrogen) atoms. The summed E-state index contributed by atoms with van der Waals surface area (Å²) in [5, 5.41) is 10.6. The highest BCUT2D eigenvalue weighted by molar-refractivity contribution is 7.89. The van der Waals surface area contributed by atoms with Gasteiger partial charge < -0.3 is 5.73 Å². The van der Waals surface area contributed by atoms with Gasteiger partial charge in [-0.2, -0.15) is 0 Å². The van der Waals surface area contributed by atoms with Gasteiger partial charge in [0.25, 0.3) is 5.69 Å². The lowest BCUT2D eigenvalue weighted by molar-refractivity contribution is -0.384. The van der Waals surface area contributed by atoms with Gasteiger partial charge in [0.2, 0.25) is 10.0 Å². The standard InChI is InChI=1S/C14H21N3O4S/c15-9-11-1-3-12(4-2-11)10-16-22(20,21)14-7-5-13(6-8-14)17(18)19/h5-8,11-12,16H,1-4,9-10,15H2. The van der Waals surface area contributed by atoms with E-state index in [4.69, 9.17) is 5.73 Å². The molecule has 0 spiro atoms. The van der Waals surface area contributed by atoms with E-state index in [2.05, 4.69) is 4.72 Å². The Morgan fingerprint density at radius 3 is 2.18 bits per heavy atom. The summed E-state index contributed by atoms with van der Waals surface area (Å²) < 4.78 is 26.9. The van der Waals surface area contributed by atoms with Crippen molar-refractivity contribution in [3.63, 3.8) is 0 Å². The SMILES string of the molecule is NCC1CCC(CNS(=O)(=O)c2ccc([N+](=O)[O-])cc2)CC1. The topological polar surface area (TPSA) is 115 Å². The van der Waals surface area contributed by atoms with Crippen molar-refractivity contribution in [2.75, 3.05) is 13.1 Å². The van der Waals surface area contributed by atoms with Crippen molar-refractivity contribution >= 4 is 15.7 Å². The summed E-state index contributed by atoms with van der Waals surface area (Å²) in [5.74, 6) is 0.887. The molecule has 0 atom stereocenters. The number of nitrogens with one attached hydrogen (secondary N) is 1. The van der Waals surface area contributed by atoms with E-state index < -0.39 is 14.9 Å². The molecule has 0 amide bonds. The van der Waals surface area contributed by atoms with E-state index in [0.717, 1.165) is 25.7 Å². The van der Waals surface area contributed by atoms with Crippen LogP contribution in [0.4, 0.5) is 5.69 Å². The Morgan fingerprint density at radius 2 is 1.68 bits per heavy atom. The summed E-state index contributed by atoms with van der Waals surface area (Å²) in [4.78, 5) is 10.1. The van der Waals surface area contributed by atoms with E-state index in [0.29, 0.717) is 24.9 Å². The summed E-state index contributed by atoms with van der Waals surface area (Å²) in [7, 11) is -3.62. The second-order valence-corrected chi connectivity index (χ2v) is 7.49. The van der Waals surface area contributed by atoms with Crippen LogP contribution in [0.15, 0.2) is 29.2 Å². The Labute approximate surface area is 130 Å². The fraction of sp³-hybridized carbons (Fsp3) is 0.571. The normalized spacial score (nSPS) is 22.4. The molecular formula is C14H21N3O4S. The molecule has 1 aromatic rings. The minimum atomic E-state index is -3.62. The Morgan fingerprint density at radius 1 is 1.14 bits per heavy atom. The van der Waals surface area contributed by atoms with Gasteiger partial charge in [-0.1, -0.05) is 0 Å². The molecule has 0 saturated heterocycles. The van der Waals surface area contributed by atoms with E-state index >= 15 is 0 Å². The molecule has 0 heterocycles. The van der Waals surface area contributed by atoms with Gasteiger partial charge in [-0.3, -0.25) is 10.1 Å². The molecule has 0 aliphatic heterocycles. The highest BCUT2D eigenvalue weighted by atomic mass is 32.2. The second-order valence-electron chi connectivity index (χ2n) is 5.73. The first-order chi connectivity index (χ1) is 10.4. The van der Waals surface area contributed by atoms with E-state index in [-0.39, 0.29) is 10.6 Å². The van der Waals surface area contributed by atoms with Gasteiger partial charge in [0.1, 0.15) is 0 Å². The highest BCUT2D eigenvalue weighted by Crippen LogP contribution is 2.28. The molecule has 2 rings (SSSR count). The van der Waals surface area contributed by atoms with Crippen molar-refractivity contribution in [1.82, 2.24) is 4.72 Å². The molecule has 1 aromatic carbocycles. The molecule has 7 nitrogen and oxygen atoms in total. The van der Waals surface area contributed by atoms with Crippen LogP contribution in [0.1, 0.15) is 25.7 Å². The molecule has 8 heteroatoms. The maximum atomic E-state index is 12.2. The molecule has 0 bridgehead atoms. The average molecular weight is 327 g/mol. The van der Waals surface area contributed by atoms with Crippen LogP contribution in [0, 0.1) is 22.0 Å². The van der Waals surface area contributed by atoms with Gasteiger partial charge in [0.05, 0.1) is 9.82 Å². The van der Waals surface area contributed by atoms with Gasteiger partial charge in [-0.25, -0.2) is 13.1 Å². The number of hydrogen-bond donors (Lipinski definition) is 2. The Hall–Kier alpha value is -1.51. The van der Waals surface area contributed by atoms with Crippen LogP contribution in [0.25, 0.3) is 0 Å². The zero-order valence-corrected chi connectivity index (χ0v) is 13.1. The number of nitrogens with two attached hydrogens (primary N) is 1. The largest absolute Gasteiger partial charge is 0.330 e. The van der Waals surface area contributed by atoms with Crippen molar-refractivity contribution in [1.29, 1.82) is 0 Å². The van der Waals surface area contributed by atoms with E-state index in [1.54, 1.807) is 0 Å². The van der Waals surface area contributed by atoms with Crippen molar-refractivity contribution in [2.24, 2.45) is 17.6 Å². The molecule has 0 unspecified atom stereocenters. The predicted octanol–water partition coefficient (Wildman–Crippen LogP) is 1.64. The smallest absolute Gasteiger partial charge is 0.269 e. The summed E-state index contributed by atoms with van der Waals surface area (Å²) in [6.45, 7) is 1.10. The number of sulfonamides is 1. The van der Waals surface area contributed by atoms with E-state index in [9.17, 15) is 18.5 Å². The maximum absolute atomic E-state index is 12.2. The number of non-ortho nitro benzene ring substituents is 1. The number of hydrogen-bond acceptors (Lipinski definition) is 5. The maximum Gasteiger partial charge on any atom is 0.269 e. The van der Waals surface area contributed by atoms with E-state index in [1.807, 2.05) is 0 Å². The number of nitro benzene ring substituents is 1. The second kappa shape index (κ2) is 7.17. The van der Waals surface area contributed by atoms with Crippen LogP contribution in [-0.2, 0) is 10.0 Å². The summed E-state index contributed by atoms with van der Waals surface area (Å²) in [5.41, 5.74) is 5.52. The quantitative estimate of drug-likeness (QED) is 0.608. The summed E-state index contributed by atoms with van der Waals surface area (Å²) in [6.07, 6.45) is 4.04. The van der Waals surface area contributed by atoms with Crippen LogP contribution < -0.4 is 10.5 Å². The van der Waals surface area contributed by atoms with Crippen molar-refractivity contribution in [3.8, 4) is 0 Å². The fourth-order valence-electron chi connectivity index (χ4n) is 2.73. The number of nitrogens with zero attached hydrogens (tertiary/aromatic N) is 1. The zero-order chi connectivity index (χ0) is 16.2. The van der Waals surface area contributed by atoms with Gasteiger partial charge in [-0.15, -0.1) is 0 Å². The first kappa shape index (κ1) is 16.9. The van der Waals surface area contributed by atoms with Crippen LogP contribution >= 0.6 is 0 Å². The van der Waals surface area contributed by atoms with E-state index in [1.165, 1.54) is 24.3 Å². The first-order valence-corrected chi connectivity index (χ1v) is 8.85. The van der Waals surface area contributed by atoms with Gasteiger partial charge in [-0.05, 0) is 56.2 Å². The fourth-order valence-corrected chi connectivity index (χ4v) is 3.85. The van der Waals surface area contributed by atoms with Gasteiger partial charge >= 0.3 is 0 Å². The highest BCUT2D eigenvalue weighted by Gasteiger charge is 2.22. The predicted molar refractivity (Wildman–Crippen MR) is 82.8 cm³/mol. The van der Waals surface area contributed by atoms with Gasteiger partial charge in [0, 0.05) is 18.7 Å². The van der Waals surface area contributed by atoms with Crippen molar-refractivity contribution in [2.45, 2.75) is 30.6 Å². The lowest BCUT2D eigenvalue weighted by Gasteiger charge is -2.27. The minimum absolute atomic E-state index is 0.0498. The van der Waals surface area contributed by atoms with Crippen LogP contribution in [0.3, 0.4) is 0 Å². The monoisotopic (exact) mass is 327 g/mol. The molecule has 122 valence electrons. The lowest BCUT2D eigenvalue weighted by Crippen LogP contribution is -2.32. The van der Waals surface area contributed by atoms with Crippen molar-refractivity contribution in [3.05, 3.63) is 34.4 Å². The number of rotatable bonds is 6. The molecule has 3 N–H and O–H groups in total. The average Bonchev–Trinajstić information content (AvgIpc) is 2.53. The number of nitro groups is 1. The molecule has 1 saturated carbocycles. The minimum Gasteiger partial charge on any atom is -0.330 e. The summed E-state index contributed by atoms with van der Waals surface area (Å²) >= 11 is 0. The first-order valence-electron chi connectivity index (χ1n) is 7.36. The molecule has 1 aliphatic rings. The van der Waals surface area contributed by atoms with Crippen molar-refractivity contribution < 1.29 is 13.3 Å². The van der Waals surface area contributed by atoms with Gasteiger partial charge in [0.15, 0.2) is 0 Å². The Kier molecular flexibility index (Phi) is 5.49. The lowest BCUT2D eigenvalue weighted by atomic mass is 9.82. The molecule has 0 radical (unpaired) electrons. The Bertz CT molecular complexity index is 607. The molecular weight excluding hydrogens is 306 g/mol. The molecule has 1 aliphatic carbocycles. The van der Waals surface area contributed by atoms with Crippen LogP contribution in [0.2, 0.25) is 0 Å². The third kappa shape index (κ3) is 4.25. The molecule has 0 aromatic heterocycles. The van der Waals surface area contributed by atoms with Crippen LogP contribution in [0.5, 0.6) is 0 Å². The third-order valence-corrected chi connectivity index (χ3v) is 5.66. The van der Waals surface area contributed by atoms with Crippen LogP contribution in [-0.4, -0.2) is 26.4 Å². The number of benzene rings is 1. The molecule has 1 fully saturated rings.